The lowest BCUT2D eigenvalue weighted by atomic mass is 10.1. The molecule has 9 heteroatoms. The maximum atomic E-state index is 11.2. The van der Waals surface area contributed by atoms with Gasteiger partial charge in [0.2, 0.25) is 0 Å². The van der Waals surface area contributed by atoms with Crippen molar-refractivity contribution in [2.24, 2.45) is 4.99 Å². The standard InChI is InChI=1S/C16H33N3O4S.HI/c1-5-23-15(20)10-8-6-7-9-12-18-16(17-3)19-14(2)11-13-24(4,21)22;/h14H,5-13H2,1-4H3,(H2,17,18,19);1H. The summed E-state index contributed by atoms with van der Waals surface area (Å²) in [5.74, 6) is 0.726. The van der Waals surface area contributed by atoms with Crippen molar-refractivity contribution in [3.63, 3.8) is 0 Å². The number of aliphatic imine (C=N–C) groups is 1. The van der Waals surface area contributed by atoms with Gasteiger partial charge in [-0.05, 0) is 33.1 Å². The van der Waals surface area contributed by atoms with E-state index in [4.69, 9.17) is 4.74 Å². The molecule has 0 rings (SSSR count). The van der Waals surface area contributed by atoms with Gasteiger partial charge in [0.25, 0.3) is 0 Å². The van der Waals surface area contributed by atoms with Gasteiger partial charge in [-0.3, -0.25) is 9.79 Å². The van der Waals surface area contributed by atoms with Crippen LogP contribution < -0.4 is 10.6 Å². The normalized spacial score (nSPS) is 12.9. The van der Waals surface area contributed by atoms with Crippen LogP contribution >= 0.6 is 24.0 Å². The summed E-state index contributed by atoms with van der Waals surface area (Å²) in [6.45, 7) is 4.98. The summed E-state index contributed by atoms with van der Waals surface area (Å²) in [6, 6.07) is 0.0375. The van der Waals surface area contributed by atoms with E-state index in [1.54, 1.807) is 7.05 Å². The van der Waals surface area contributed by atoms with Gasteiger partial charge in [0.1, 0.15) is 9.84 Å². The third-order valence-corrected chi connectivity index (χ3v) is 4.41. The minimum absolute atomic E-state index is 0. The number of nitrogens with one attached hydrogen (secondary N) is 2. The van der Waals surface area contributed by atoms with Gasteiger partial charge in [0, 0.05) is 32.3 Å². The van der Waals surface area contributed by atoms with Crippen molar-refractivity contribution in [1.29, 1.82) is 0 Å². The van der Waals surface area contributed by atoms with Crippen LogP contribution in [0.1, 0.15) is 52.4 Å². The maximum Gasteiger partial charge on any atom is 0.305 e. The molecule has 1 atom stereocenters. The van der Waals surface area contributed by atoms with Gasteiger partial charge in [-0.25, -0.2) is 8.42 Å². The molecule has 0 amide bonds. The van der Waals surface area contributed by atoms with E-state index in [0.29, 0.717) is 25.4 Å². The Morgan fingerprint density at radius 3 is 2.40 bits per heavy atom. The first-order chi connectivity index (χ1) is 11.3. The molecule has 2 N–H and O–H groups in total. The summed E-state index contributed by atoms with van der Waals surface area (Å²) >= 11 is 0. The Balaban J connectivity index is 0. The maximum absolute atomic E-state index is 11.2. The van der Waals surface area contributed by atoms with E-state index in [9.17, 15) is 13.2 Å². The van der Waals surface area contributed by atoms with E-state index in [2.05, 4.69) is 15.6 Å². The van der Waals surface area contributed by atoms with Crippen LogP contribution in [0, 0.1) is 0 Å². The second-order valence-corrected chi connectivity index (χ2v) is 8.19. The van der Waals surface area contributed by atoms with E-state index in [0.717, 1.165) is 32.2 Å². The molecular weight excluding hydrogens is 457 g/mol. The lowest BCUT2D eigenvalue weighted by molar-refractivity contribution is -0.143. The molecule has 0 fully saturated rings. The molecule has 0 heterocycles. The zero-order chi connectivity index (χ0) is 18.4. The number of unbranched alkanes of at least 4 members (excludes halogenated alkanes) is 3. The summed E-state index contributed by atoms with van der Waals surface area (Å²) in [7, 11) is -1.24. The molecule has 0 spiro atoms. The topological polar surface area (TPSA) is 96.9 Å². The Bertz CT molecular complexity index is 484. The fourth-order valence-corrected chi connectivity index (χ4v) is 2.86. The quantitative estimate of drug-likeness (QED) is 0.143. The molecule has 0 aromatic heterocycles. The number of rotatable bonds is 12. The number of ether oxygens (including phenoxy) is 1. The number of hydrogen-bond donors (Lipinski definition) is 2. The SMILES string of the molecule is CCOC(=O)CCCCCCNC(=NC)NC(C)CCS(C)(=O)=O.I. The van der Waals surface area contributed by atoms with Crippen LogP contribution in [-0.4, -0.2) is 58.6 Å². The highest BCUT2D eigenvalue weighted by atomic mass is 127. The van der Waals surface area contributed by atoms with Gasteiger partial charge in [0.15, 0.2) is 5.96 Å². The number of sulfone groups is 1. The molecule has 0 aliphatic carbocycles. The number of guanidine groups is 1. The molecule has 25 heavy (non-hydrogen) atoms. The van der Waals surface area contributed by atoms with Crippen molar-refractivity contribution in [1.82, 2.24) is 10.6 Å². The molecule has 0 aromatic rings. The Kier molecular flexibility index (Phi) is 16.7. The fourth-order valence-electron chi connectivity index (χ4n) is 2.08. The van der Waals surface area contributed by atoms with Crippen LogP contribution in [0.5, 0.6) is 0 Å². The van der Waals surface area contributed by atoms with Crippen molar-refractivity contribution in [3.8, 4) is 0 Å². The predicted molar refractivity (Wildman–Crippen MR) is 113 cm³/mol. The molecule has 0 saturated carbocycles. The Morgan fingerprint density at radius 2 is 1.84 bits per heavy atom. The van der Waals surface area contributed by atoms with Crippen LogP contribution in [-0.2, 0) is 19.4 Å². The smallest absolute Gasteiger partial charge is 0.305 e. The Morgan fingerprint density at radius 1 is 1.20 bits per heavy atom. The molecule has 150 valence electrons. The summed E-state index contributed by atoms with van der Waals surface area (Å²) in [5.41, 5.74) is 0. The highest BCUT2D eigenvalue weighted by molar-refractivity contribution is 14.0. The van der Waals surface area contributed by atoms with E-state index in [-0.39, 0.29) is 41.7 Å². The summed E-state index contributed by atoms with van der Waals surface area (Å²) in [6.07, 6.45) is 6.16. The monoisotopic (exact) mass is 491 g/mol. The average Bonchev–Trinajstić information content (AvgIpc) is 2.50. The lowest BCUT2D eigenvalue weighted by Gasteiger charge is -2.17. The minimum Gasteiger partial charge on any atom is -0.466 e. The highest BCUT2D eigenvalue weighted by Gasteiger charge is 2.09. The largest absolute Gasteiger partial charge is 0.466 e. The fraction of sp³-hybridized carbons (Fsp3) is 0.875. The van der Waals surface area contributed by atoms with Gasteiger partial charge < -0.3 is 15.4 Å². The molecule has 0 radical (unpaired) electrons. The third-order valence-electron chi connectivity index (χ3n) is 3.43. The van der Waals surface area contributed by atoms with Crippen LogP contribution in [0.3, 0.4) is 0 Å². The second kappa shape index (κ2) is 15.7. The predicted octanol–water partition coefficient (Wildman–Crippen LogP) is 2.11. The van der Waals surface area contributed by atoms with E-state index >= 15 is 0 Å². The molecule has 0 bridgehead atoms. The van der Waals surface area contributed by atoms with Crippen LogP contribution in [0.25, 0.3) is 0 Å². The number of carbonyl (C=O) groups is 1. The number of hydrogen-bond acceptors (Lipinski definition) is 5. The first-order valence-electron chi connectivity index (χ1n) is 8.59. The molecule has 0 aromatic carbocycles. The number of halogens is 1. The lowest BCUT2D eigenvalue weighted by Crippen LogP contribution is -2.43. The van der Waals surface area contributed by atoms with Crippen molar-refractivity contribution >= 4 is 45.7 Å². The van der Waals surface area contributed by atoms with E-state index < -0.39 is 9.84 Å². The number of esters is 1. The Hall–Kier alpha value is -0.580. The van der Waals surface area contributed by atoms with Gasteiger partial charge in [-0.1, -0.05) is 12.8 Å². The molecule has 0 saturated heterocycles. The van der Waals surface area contributed by atoms with Crippen molar-refractivity contribution in [3.05, 3.63) is 0 Å². The number of nitrogens with zero attached hydrogens (tertiary/aromatic N) is 1. The first-order valence-corrected chi connectivity index (χ1v) is 10.6. The Labute approximate surface area is 169 Å². The van der Waals surface area contributed by atoms with Crippen LogP contribution in [0.4, 0.5) is 0 Å². The van der Waals surface area contributed by atoms with Crippen molar-refractivity contribution in [2.45, 2.75) is 58.4 Å². The van der Waals surface area contributed by atoms with Crippen LogP contribution in [0.2, 0.25) is 0 Å². The first kappa shape index (κ1) is 26.6. The summed E-state index contributed by atoms with van der Waals surface area (Å²) in [5, 5.41) is 6.40. The zero-order valence-corrected chi connectivity index (χ0v) is 19.0. The molecule has 7 nitrogen and oxygen atoms in total. The van der Waals surface area contributed by atoms with Gasteiger partial charge in [-0.2, -0.15) is 0 Å². The van der Waals surface area contributed by atoms with Crippen molar-refractivity contribution < 1.29 is 17.9 Å². The van der Waals surface area contributed by atoms with E-state index in [1.165, 1.54) is 6.26 Å². The third kappa shape index (κ3) is 18.0. The van der Waals surface area contributed by atoms with Crippen LogP contribution in [0.15, 0.2) is 4.99 Å². The second-order valence-electron chi connectivity index (χ2n) is 5.93. The summed E-state index contributed by atoms with van der Waals surface area (Å²) < 4.78 is 27.2. The van der Waals surface area contributed by atoms with Crippen molar-refractivity contribution in [2.75, 3.05) is 32.2 Å². The molecule has 0 aliphatic heterocycles. The average molecular weight is 491 g/mol. The number of carbonyl (C=O) groups excluding carboxylic acids is 1. The van der Waals surface area contributed by atoms with Gasteiger partial charge in [-0.15, -0.1) is 24.0 Å². The summed E-state index contributed by atoms with van der Waals surface area (Å²) in [4.78, 5) is 15.3. The van der Waals surface area contributed by atoms with Gasteiger partial charge >= 0.3 is 5.97 Å². The van der Waals surface area contributed by atoms with E-state index in [1.807, 2.05) is 13.8 Å². The zero-order valence-electron chi connectivity index (χ0n) is 15.8. The molecular formula is C16H34IN3O4S. The van der Waals surface area contributed by atoms with Gasteiger partial charge in [0.05, 0.1) is 12.4 Å². The minimum atomic E-state index is -2.93. The molecule has 1 unspecified atom stereocenters. The molecule has 0 aliphatic rings. The highest BCUT2D eigenvalue weighted by Crippen LogP contribution is 2.03.